The third-order valence-electron chi connectivity index (χ3n) is 2.97. The Morgan fingerprint density at radius 1 is 1.00 bits per heavy atom. The molecule has 0 fully saturated rings. The Morgan fingerprint density at radius 2 is 1.42 bits per heavy atom. The van der Waals surface area contributed by atoms with Gasteiger partial charge in [-0.25, -0.2) is 0 Å². The van der Waals surface area contributed by atoms with Gasteiger partial charge in [-0.2, -0.15) is 0 Å². The van der Waals surface area contributed by atoms with Crippen molar-refractivity contribution in [2.24, 2.45) is 7.05 Å². The molecule has 1 heteroatoms. The fraction of sp³-hybridized carbons (Fsp3) is 0.455. The van der Waals surface area contributed by atoms with Gasteiger partial charge in [-0.05, 0) is 36.8 Å². The van der Waals surface area contributed by atoms with Gasteiger partial charge in [0.1, 0.15) is 0 Å². The number of fused-ring (bicyclic) bond motifs is 1. The minimum Gasteiger partial charge on any atom is -0.345 e. The van der Waals surface area contributed by atoms with Crippen molar-refractivity contribution in [3.63, 3.8) is 0 Å². The van der Waals surface area contributed by atoms with Crippen molar-refractivity contribution in [3.05, 3.63) is 21.8 Å². The molecule has 0 bridgehead atoms. The van der Waals surface area contributed by atoms with Crippen molar-refractivity contribution in [2.45, 2.75) is 25.7 Å². The van der Waals surface area contributed by atoms with Crippen molar-refractivity contribution in [3.8, 4) is 0 Å². The van der Waals surface area contributed by atoms with Crippen LogP contribution in [-0.4, -0.2) is 4.57 Å². The van der Waals surface area contributed by atoms with Crippen molar-refractivity contribution < 1.29 is 0 Å². The van der Waals surface area contributed by atoms with Crippen LogP contribution in [-0.2, 0) is 19.9 Å². The van der Waals surface area contributed by atoms with Crippen molar-refractivity contribution in [1.82, 2.24) is 4.57 Å². The first-order valence-electron chi connectivity index (χ1n) is 4.56. The van der Waals surface area contributed by atoms with Crippen LogP contribution in [0.3, 0.4) is 0 Å². The van der Waals surface area contributed by atoms with Crippen LogP contribution >= 0.6 is 0 Å². The molecule has 1 heterocycles. The summed E-state index contributed by atoms with van der Waals surface area (Å²) < 4.78 is 2.12. The van der Waals surface area contributed by atoms with Crippen LogP contribution in [0.25, 0.3) is 13.2 Å². The molecule has 1 aliphatic carbocycles. The average molecular weight is 161 g/mol. The predicted molar refractivity (Wildman–Crippen MR) is 52.3 cm³/mol. The van der Waals surface area contributed by atoms with Gasteiger partial charge in [0.05, 0.1) is 0 Å². The Labute approximate surface area is 73.0 Å². The molecule has 0 saturated carbocycles. The summed E-state index contributed by atoms with van der Waals surface area (Å²) in [6.45, 7) is 8.15. The maximum atomic E-state index is 4.08. The van der Waals surface area contributed by atoms with Crippen LogP contribution < -0.4 is 10.7 Å². The summed E-state index contributed by atoms with van der Waals surface area (Å²) in [5.41, 5.74) is 2.93. The highest BCUT2D eigenvalue weighted by Crippen LogP contribution is 2.14. The second-order valence-electron chi connectivity index (χ2n) is 3.62. The quantitative estimate of drug-likeness (QED) is 0.528. The van der Waals surface area contributed by atoms with Crippen molar-refractivity contribution in [2.75, 3.05) is 0 Å². The lowest BCUT2D eigenvalue weighted by Gasteiger charge is -2.09. The normalized spacial score (nSPS) is 16.1. The van der Waals surface area contributed by atoms with Gasteiger partial charge in [0.25, 0.3) is 0 Å². The standard InChI is InChI=1S/C11H15N/c1-8-10-6-4-5-7-11(10)9(2)12(8)3/h1-2,4-7H2,3H3. The number of aromatic nitrogens is 1. The summed E-state index contributed by atoms with van der Waals surface area (Å²) >= 11 is 0. The van der Waals surface area contributed by atoms with Gasteiger partial charge < -0.3 is 4.57 Å². The van der Waals surface area contributed by atoms with Crippen LogP contribution in [0.5, 0.6) is 0 Å². The first-order chi connectivity index (χ1) is 5.72. The monoisotopic (exact) mass is 161 g/mol. The van der Waals surface area contributed by atoms with E-state index in [-0.39, 0.29) is 0 Å². The van der Waals surface area contributed by atoms with E-state index in [4.69, 9.17) is 0 Å². The van der Waals surface area contributed by atoms with Gasteiger partial charge >= 0.3 is 0 Å². The number of nitrogens with zero attached hydrogens (tertiary/aromatic N) is 1. The Bertz CT molecular complexity index is 360. The lowest BCUT2D eigenvalue weighted by atomic mass is 9.95. The molecule has 12 heavy (non-hydrogen) atoms. The topological polar surface area (TPSA) is 4.93 Å². The number of rotatable bonds is 0. The van der Waals surface area contributed by atoms with E-state index in [0.29, 0.717) is 0 Å². The van der Waals surface area contributed by atoms with Gasteiger partial charge in [-0.15, -0.1) is 0 Å². The van der Waals surface area contributed by atoms with Crippen molar-refractivity contribution in [1.29, 1.82) is 0 Å². The van der Waals surface area contributed by atoms with Gasteiger partial charge in [0.2, 0.25) is 0 Å². The summed E-state index contributed by atoms with van der Waals surface area (Å²) in [5, 5.41) is 2.35. The molecular weight excluding hydrogens is 146 g/mol. The molecule has 0 atom stereocenters. The smallest absolute Gasteiger partial charge is 0.0371 e. The molecule has 0 unspecified atom stereocenters. The third kappa shape index (κ3) is 0.857. The fourth-order valence-corrected chi connectivity index (χ4v) is 2.11. The number of hydrogen-bond donors (Lipinski definition) is 0. The van der Waals surface area contributed by atoms with Gasteiger partial charge in [-0.3, -0.25) is 0 Å². The zero-order valence-corrected chi connectivity index (χ0v) is 7.69. The van der Waals surface area contributed by atoms with Gasteiger partial charge in [0, 0.05) is 17.7 Å². The predicted octanol–water partition coefficient (Wildman–Crippen LogP) is 0.724. The second kappa shape index (κ2) is 2.51. The summed E-state index contributed by atoms with van der Waals surface area (Å²) in [4.78, 5) is 0. The highest BCUT2D eigenvalue weighted by Gasteiger charge is 2.13. The zero-order valence-electron chi connectivity index (χ0n) is 7.69. The largest absolute Gasteiger partial charge is 0.345 e. The van der Waals surface area contributed by atoms with E-state index in [9.17, 15) is 0 Å². The Kier molecular flexibility index (Phi) is 1.60. The maximum absolute atomic E-state index is 4.08. The minimum absolute atomic E-state index is 1.18. The summed E-state index contributed by atoms with van der Waals surface area (Å²) in [6.07, 6.45) is 5.05. The molecule has 1 aliphatic rings. The molecule has 1 nitrogen and oxygen atoms in total. The fourth-order valence-electron chi connectivity index (χ4n) is 2.11. The lowest BCUT2D eigenvalue weighted by Crippen LogP contribution is -2.22. The molecule has 0 aromatic carbocycles. The first kappa shape index (κ1) is 7.66. The molecule has 0 amide bonds. The highest BCUT2D eigenvalue weighted by atomic mass is 14.9. The van der Waals surface area contributed by atoms with Gasteiger partial charge in [-0.1, -0.05) is 13.2 Å². The van der Waals surface area contributed by atoms with E-state index in [0.717, 1.165) is 0 Å². The van der Waals surface area contributed by atoms with Crippen LogP contribution in [0.1, 0.15) is 24.0 Å². The Hall–Kier alpha value is -0.980. The molecular formula is C11H15N. The van der Waals surface area contributed by atoms with E-state index >= 15 is 0 Å². The molecule has 1 aromatic rings. The summed E-state index contributed by atoms with van der Waals surface area (Å²) in [6, 6.07) is 0. The Morgan fingerprint density at radius 3 is 1.83 bits per heavy atom. The summed E-state index contributed by atoms with van der Waals surface area (Å²) in [7, 11) is 2.06. The van der Waals surface area contributed by atoms with Gasteiger partial charge in [0.15, 0.2) is 0 Å². The second-order valence-corrected chi connectivity index (χ2v) is 3.62. The van der Waals surface area contributed by atoms with E-state index in [2.05, 4.69) is 24.8 Å². The van der Waals surface area contributed by atoms with Crippen molar-refractivity contribution >= 4 is 13.2 Å². The van der Waals surface area contributed by atoms with Crippen LogP contribution in [0.4, 0.5) is 0 Å². The molecule has 0 radical (unpaired) electrons. The minimum atomic E-state index is 1.18. The highest BCUT2D eigenvalue weighted by molar-refractivity contribution is 5.32. The average Bonchev–Trinajstić information content (AvgIpc) is 2.33. The molecule has 64 valence electrons. The van der Waals surface area contributed by atoms with E-state index in [1.54, 1.807) is 0 Å². The molecule has 1 aromatic heterocycles. The SMILES string of the molecule is C=c1c2c(c(=C)n1C)CCCC2. The van der Waals surface area contributed by atoms with Crippen LogP contribution in [0.2, 0.25) is 0 Å². The molecule has 0 N–H and O–H groups in total. The molecule has 2 rings (SSSR count). The van der Waals surface area contributed by atoms with Crippen LogP contribution in [0, 0.1) is 0 Å². The molecule has 0 aliphatic heterocycles. The maximum Gasteiger partial charge on any atom is 0.0371 e. The van der Waals surface area contributed by atoms with E-state index in [1.165, 1.54) is 47.5 Å². The van der Waals surface area contributed by atoms with Crippen LogP contribution in [0.15, 0.2) is 0 Å². The Balaban J connectivity index is 2.77. The lowest BCUT2D eigenvalue weighted by molar-refractivity contribution is 0.686. The summed E-state index contributed by atoms with van der Waals surface area (Å²) in [5.74, 6) is 0. The molecule has 0 spiro atoms. The third-order valence-corrected chi connectivity index (χ3v) is 2.97. The van der Waals surface area contributed by atoms with E-state index < -0.39 is 0 Å². The first-order valence-corrected chi connectivity index (χ1v) is 4.56. The number of hydrogen-bond acceptors (Lipinski definition) is 0. The molecule has 0 saturated heterocycles. The zero-order chi connectivity index (χ0) is 8.72. The van der Waals surface area contributed by atoms with E-state index in [1.807, 2.05) is 0 Å².